The van der Waals surface area contributed by atoms with Crippen molar-refractivity contribution in [1.29, 1.82) is 0 Å². The number of carbonyl (C=O) groups is 5. The van der Waals surface area contributed by atoms with Gasteiger partial charge in [-0.3, -0.25) is 29.3 Å². The largest absolute Gasteiger partial charge is 0.495 e. The third-order valence-corrected chi connectivity index (χ3v) is 6.68. The van der Waals surface area contributed by atoms with Gasteiger partial charge in [-0.25, -0.2) is 0 Å². The van der Waals surface area contributed by atoms with Gasteiger partial charge in [-0.1, -0.05) is 18.2 Å². The summed E-state index contributed by atoms with van der Waals surface area (Å²) in [5.74, 6) is -1.31. The van der Waals surface area contributed by atoms with Crippen molar-refractivity contribution in [2.24, 2.45) is 0 Å². The third-order valence-electron chi connectivity index (χ3n) is 6.68. The lowest BCUT2D eigenvalue weighted by Crippen LogP contribution is -2.52. The number of fused-ring (bicyclic) bond motifs is 1. The van der Waals surface area contributed by atoms with E-state index >= 15 is 0 Å². The van der Waals surface area contributed by atoms with Crippen molar-refractivity contribution in [2.75, 3.05) is 18.6 Å². The predicted octanol–water partition coefficient (Wildman–Crippen LogP) is 0.992. The van der Waals surface area contributed by atoms with Crippen LogP contribution in [0.25, 0.3) is 0 Å². The van der Waals surface area contributed by atoms with Gasteiger partial charge >= 0.3 is 0 Å². The van der Waals surface area contributed by atoms with E-state index in [2.05, 4.69) is 10.6 Å². The zero-order valence-corrected chi connectivity index (χ0v) is 19.1. The summed E-state index contributed by atoms with van der Waals surface area (Å²) < 4.78 is 5.35. The predicted molar refractivity (Wildman–Crippen MR) is 124 cm³/mol. The molecule has 0 spiro atoms. The lowest BCUT2D eigenvalue weighted by molar-refractivity contribution is -0.137. The molecule has 0 bridgehead atoms. The van der Waals surface area contributed by atoms with Gasteiger partial charge in [0.25, 0.3) is 11.8 Å². The molecule has 0 radical (unpaired) electrons. The summed E-state index contributed by atoms with van der Waals surface area (Å²) in [4.78, 5) is 65.6. The Morgan fingerprint density at radius 2 is 1.89 bits per heavy atom. The van der Waals surface area contributed by atoms with E-state index in [0.717, 1.165) is 0 Å². The highest BCUT2D eigenvalue weighted by molar-refractivity contribution is 6.08. The van der Waals surface area contributed by atoms with Gasteiger partial charge in [-0.15, -0.1) is 0 Å². The lowest BCUT2D eigenvalue weighted by atomic mass is 10.0. The zero-order chi connectivity index (χ0) is 24.7. The van der Waals surface area contributed by atoms with Crippen LogP contribution >= 0.6 is 0 Å². The van der Waals surface area contributed by atoms with Crippen molar-refractivity contribution in [2.45, 2.75) is 37.9 Å². The van der Waals surface area contributed by atoms with Crippen molar-refractivity contribution >= 4 is 35.2 Å². The normalized spacial score (nSPS) is 21.7. The maximum Gasteiger partial charge on any atom is 0.255 e. The molecule has 10 heteroatoms. The van der Waals surface area contributed by atoms with E-state index in [0.29, 0.717) is 35.5 Å². The number of ether oxygens (including phenoxy) is 1. The molecule has 5 amide bonds. The molecule has 180 valence electrons. The molecule has 10 nitrogen and oxygen atoms in total. The molecule has 2 saturated heterocycles. The van der Waals surface area contributed by atoms with E-state index in [9.17, 15) is 24.0 Å². The van der Waals surface area contributed by atoms with Crippen LogP contribution in [0.5, 0.6) is 5.75 Å². The first kappa shape index (κ1) is 22.6. The number of amides is 5. The van der Waals surface area contributed by atoms with E-state index in [1.165, 1.54) is 18.1 Å². The first-order chi connectivity index (χ1) is 16.9. The van der Waals surface area contributed by atoms with Crippen LogP contribution in [-0.4, -0.2) is 60.2 Å². The second-order valence-electron chi connectivity index (χ2n) is 8.75. The molecule has 5 rings (SSSR count). The van der Waals surface area contributed by atoms with E-state index < -0.39 is 23.9 Å². The molecule has 2 unspecified atom stereocenters. The molecule has 2 atom stereocenters. The van der Waals surface area contributed by atoms with Crippen molar-refractivity contribution in [1.82, 2.24) is 15.5 Å². The molecule has 0 saturated carbocycles. The fraction of sp³-hybridized carbons (Fsp3) is 0.320. The minimum atomic E-state index is -0.720. The highest BCUT2D eigenvalue weighted by Gasteiger charge is 2.40. The topological polar surface area (TPSA) is 125 Å². The average molecular weight is 476 g/mol. The average Bonchev–Trinajstić information content (AvgIpc) is 3.38. The summed E-state index contributed by atoms with van der Waals surface area (Å²) >= 11 is 0. The van der Waals surface area contributed by atoms with Crippen LogP contribution in [0.3, 0.4) is 0 Å². The lowest BCUT2D eigenvalue weighted by Gasteiger charge is -2.29. The van der Waals surface area contributed by atoms with Gasteiger partial charge in [-0.05, 0) is 42.7 Å². The molecule has 3 aliphatic heterocycles. The number of carbonyl (C=O) groups excluding carboxylic acids is 5. The maximum atomic E-state index is 13.0. The van der Waals surface area contributed by atoms with Crippen molar-refractivity contribution < 1.29 is 28.7 Å². The van der Waals surface area contributed by atoms with E-state index in [1.807, 2.05) is 12.1 Å². The molecule has 0 aromatic heterocycles. The van der Waals surface area contributed by atoms with Gasteiger partial charge in [-0.2, -0.15) is 0 Å². The summed E-state index contributed by atoms with van der Waals surface area (Å²) in [5, 5.41) is 5.05. The van der Waals surface area contributed by atoms with Crippen LogP contribution in [-0.2, 0) is 20.9 Å². The Balaban J connectivity index is 1.28. The SMILES string of the molecule is COc1ccccc1N1CCC(NC(=O)c2ccc3c(c2)C(=O)N(C2CCC(=O)NC2=O)C3)C1=O. The number of benzene rings is 2. The van der Waals surface area contributed by atoms with Crippen molar-refractivity contribution in [3.8, 4) is 5.75 Å². The van der Waals surface area contributed by atoms with Gasteiger partial charge < -0.3 is 19.9 Å². The first-order valence-corrected chi connectivity index (χ1v) is 11.4. The monoisotopic (exact) mass is 476 g/mol. The number of nitrogens with one attached hydrogen (secondary N) is 2. The van der Waals surface area contributed by atoms with Crippen molar-refractivity contribution in [3.63, 3.8) is 0 Å². The minimum absolute atomic E-state index is 0.172. The van der Waals surface area contributed by atoms with Gasteiger partial charge in [0.1, 0.15) is 17.8 Å². The molecule has 2 aromatic rings. The summed E-state index contributed by atoms with van der Waals surface area (Å²) in [7, 11) is 1.54. The van der Waals surface area contributed by atoms with E-state index in [-0.39, 0.29) is 42.7 Å². The fourth-order valence-electron chi connectivity index (χ4n) is 4.84. The first-order valence-electron chi connectivity index (χ1n) is 11.4. The Labute approximate surface area is 201 Å². The van der Waals surface area contributed by atoms with E-state index in [1.54, 1.807) is 29.2 Å². The molecule has 0 aliphatic carbocycles. The maximum absolute atomic E-state index is 13.0. The smallest absolute Gasteiger partial charge is 0.255 e. The van der Waals surface area contributed by atoms with Gasteiger partial charge in [0.15, 0.2) is 0 Å². The number of nitrogens with zero attached hydrogens (tertiary/aromatic N) is 2. The third kappa shape index (κ3) is 4.01. The zero-order valence-electron chi connectivity index (χ0n) is 19.1. The van der Waals surface area contributed by atoms with Crippen LogP contribution < -0.4 is 20.3 Å². The minimum Gasteiger partial charge on any atom is -0.495 e. The van der Waals surface area contributed by atoms with Gasteiger partial charge in [0.2, 0.25) is 17.7 Å². The second-order valence-corrected chi connectivity index (χ2v) is 8.75. The van der Waals surface area contributed by atoms with Crippen LogP contribution in [0.15, 0.2) is 42.5 Å². The Morgan fingerprint density at radius 3 is 2.66 bits per heavy atom. The summed E-state index contributed by atoms with van der Waals surface area (Å²) in [6, 6.07) is 10.6. The quantitative estimate of drug-likeness (QED) is 0.620. The Kier molecular flexibility index (Phi) is 5.72. The standard InChI is InChI=1S/C25H24N4O6/c1-35-20-5-3-2-4-18(20)28-11-10-17(25(28)34)26-22(31)14-6-7-15-13-29(24(33)16(15)12-14)19-8-9-21(30)27-23(19)32/h2-7,12,17,19H,8-11,13H2,1H3,(H,26,31)(H,27,30,32). The number of rotatable bonds is 5. The number of piperidine rings is 1. The number of hydrogen-bond donors (Lipinski definition) is 2. The number of hydrogen-bond acceptors (Lipinski definition) is 6. The van der Waals surface area contributed by atoms with Gasteiger partial charge in [0, 0.05) is 30.6 Å². The fourth-order valence-corrected chi connectivity index (χ4v) is 4.84. The number of para-hydroxylation sites is 2. The summed E-state index contributed by atoms with van der Waals surface area (Å²) in [6.07, 6.45) is 0.880. The number of anilines is 1. The molecular weight excluding hydrogens is 452 g/mol. The van der Waals surface area contributed by atoms with Crippen LogP contribution in [0.4, 0.5) is 5.69 Å². The highest BCUT2D eigenvalue weighted by atomic mass is 16.5. The van der Waals surface area contributed by atoms with Crippen LogP contribution in [0.2, 0.25) is 0 Å². The summed E-state index contributed by atoms with van der Waals surface area (Å²) in [5.41, 5.74) is 1.95. The van der Waals surface area contributed by atoms with Gasteiger partial charge in [0.05, 0.1) is 12.8 Å². The Bertz CT molecular complexity index is 1260. The van der Waals surface area contributed by atoms with Crippen LogP contribution in [0.1, 0.15) is 45.5 Å². The molecule has 35 heavy (non-hydrogen) atoms. The molecule has 3 heterocycles. The molecule has 2 N–H and O–H groups in total. The van der Waals surface area contributed by atoms with E-state index in [4.69, 9.17) is 4.74 Å². The Morgan fingerprint density at radius 1 is 1.09 bits per heavy atom. The number of methoxy groups -OCH3 is 1. The summed E-state index contributed by atoms with van der Waals surface area (Å²) in [6.45, 7) is 0.672. The second kappa shape index (κ2) is 8.86. The molecular formula is C25H24N4O6. The Hall–Kier alpha value is -4.21. The molecule has 2 aromatic carbocycles. The van der Waals surface area contributed by atoms with Crippen molar-refractivity contribution in [3.05, 3.63) is 59.2 Å². The number of imide groups is 1. The molecule has 3 aliphatic rings. The highest BCUT2D eigenvalue weighted by Crippen LogP contribution is 2.31. The molecule has 2 fully saturated rings. The van der Waals surface area contributed by atoms with Crippen LogP contribution in [0, 0.1) is 0 Å².